The molecule has 0 amide bonds. The minimum atomic E-state index is -4.75. The predicted molar refractivity (Wildman–Crippen MR) is 63.1 cm³/mol. The minimum Gasteiger partial charge on any atom is -0.493 e. The lowest BCUT2D eigenvalue weighted by Crippen LogP contribution is -2.22. The molecule has 102 valence electrons. The first-order valence-electron chi connectivity index (χ1n) is 5.37. The van der Waals surface area contributed by atoms with E-state index in [1.165, 1.54) is 13.0 Å². The second kappa shape index (κ2) is 5.36. The van der Waals surface area contributed by atoms with Crippen LogP contribution in [0.15, 0.2) is 6.07 Å². The maximum absolute atomic E-state index is 12.6. The molecule has 0 saturated carbocycles. The Morgan fingerprint density at radius 2 is 1.94 bits per heavy atom. The first kappa shape index (κ1) is 15.1. The fraction of sp³-hybridized carbons (Fsp3) is 0.500. The molecule has 1 aromatic carbocycles. The molecule has 0 saturated heterocycles. The molecule has 2 nitrogen and oxygen atoms in total. The highest BCUT2D eigenvalue weighted by molar-refractivity contribution is 6.32. The van der Waals surface area contributed by atoms with Gasteiger partial charge in [0.15, 0.2) is 6.10 Å². The first-order valence-corrected chi connectivity index (χ1v) is 5.75. The molecule has 0 fully saturated rings. The second-order valence-electron chi connectivity index (χ2n) is 3.92. The van der Waals surface area contributed by atoms with Gasteiger partial charge in [0.1, 0.15) is 5.75 Å². The Hall–Kier alpha value is -0.940. The van der Waals surface area contributed by atoms with Crippen LogP contribution in [0.4, 0.5) is 13.2 Å². The Morgan fingerprint density at radius 3 is 2.39 bits per heavy atom. The second-order valence-corrected chi connectivity index (χ2v) is 4.30. The van der Waals surface area contributed by atoms with Gasteiger partial charge in [0.05, 0.1) is 6.61 Å². The zero-order chi connectivity index (χ0) is 14.1. The van der Waals surface area contributed by atoms with Crippen LogP contribution < -0.4 is 4.74 Å². The largest absolute Gasteiger partial charge is 0.493 e. The highest BCUT2D eigenvalue weighted by Crippen LogP contribution is 2.42. The average molecular weight is 283 g/mol. The van der Waals surface area contributed by atoms with Gasteiger partial charge in [0.2, 0.25) is 0 Å². The van der Waals surface area contributed by atoms with Crippen molar-refractivity contribution in [3.63, 3.8) is 0 Å². The molecule has 0 aromatic heterocycles. The third-order valence-electron chi connectivity index (χ3n) is 2.58. The molecule has 1 atom stereocenters. The number of alkyl halides is 3. The molecule has 0 spiro atoms. The number of rotatable bonds is 3. The number of hydrogen-bond donors (Lipinski definition) is 1. The standard InChI is InChI=1S/C12H14ClF3O2/c1-4-18-8-5-6(2)10(13)7(3)9(8)11(17)12(14,15)16/h5,11,17H,4H2,1-3H3. The van der Waals surface area contributed by atoms with E-state index in [0.29, 0.717) is 5.56 Å². The van der Waals surface area contributed by atoms with E-state index in [1.54, 1.807) is 13.8 Å². The first-order chi connectivity index (χ1) is 8.20. The van der Waals surface area contributed by atoms with Crippen molar-refractivity contribution in [3.8, 4) is 5.75 Å². The van der Waals surface area contributed by atoms with Gasteiger partial charge in [-0.15, -0.1) is 0 Å². The average Bonchev–Trinajstić information content (AvgIpc) is 2.25. The molecule has 1 N–H and O–H groups in total. The maximum Gasteiger partial charge on any atom is 0.418 e. The Bertz CT molecular complexity index is 444. The zero-order valence-electron chi connectivity index (χ0n) is 10.2. The molecule has 0 radical (unpaired) electrons. The number of halogens is 4. The van der Waals surface area contributed by atoms with Crippen LogP contribution in [-0.2, 0) is 0 Å². The van der Waals surface area contributed by atoms with Crippen molar-refractivity contribution >= 4 is 11.6 Å². The van der Waals surface area contributed by atoms with Gasteiger partial charge in [-0.05, 0) is 38.0 Å². The topological polar surface area (TPSA) is 29.5 Å². The molecule has 0 aliphatic carbocycles. The van der Waals surface area contributed by atoms with Crippen LogP contribution in [0.2, 0.25) is 5.02 Å². The van der Waals surface area contributed by atoms with Crippen LogP contribution in [0.1, 0.15) is 29.7 Å². The number of aryl methyl sites for hydroxylation is 1. The molecule has 0 heterocycles. The third kappa shape index (κ3) is 2.90. The molecule has 0 bridgehead atoms. The number of aliphatic hydroxyl groups excluding tert-OH is 1. The van der Waals surface area contributed by atoms with Crippen molar-refractivity contribution in [2.75, 3.05) is 6.61 Å². The van der Waals surface area contributed by atoms with Gasteiger partial charge in [0, 0.05) is 10.6 Å². The highest BCUT2D eigenvalue weighted by atomic mass is 35.5. The highest BCUT2D eigenvalue weighted by Gasteiger charge is 2.42. The normalized spacial score (nSPS) is 13.6. The SMILES string of the molecule is CCOc1cc(C)c(Cl)c(C)c1C(O)C(F)(F)F. The summed E-state index contributed by atoms with van der Waals surface area (Å²) in [7, 11) is 0. The van der Waals surface area contributed by atoms with Gasteiger partial charge < -0.3 is 9.84 Å². The number of aliphatic hydroxyl groups is 1. The van der Waals surface area contributed by atoms with Crippen LogP contribution in [0.25, 0.3) is 0 Å². The van der Waals surface area contributed by atoms with E-state index in [2.05, 4.69) is 0 Å². The van der Waals surface area contributed by atoms with Gasteiger partial charge >= 0.3 is 6.18 Å². The smallest absolute Gasteiger partial charge is 0.418 e. The summed E-state index contributed by atoms with van der Waals surface area (Å²) < 4.78 is 43.0. The van der Waals surface area contributed by atoms with Crippen molar-refractivity contribution in [2.24, 2.45) is 0 Å². The Morgan fingerprint density at radius 1 is 1.39 bits per heavy atom. The molecular weight excluding hydrogens is 269 g/mol. The summed E-state index contributed by atoms with van der Waals surface area (Å²) >= 11 is 5.92. The summed E-state index contributed by atoms with van der Waals surface area (Å²) in [5.41, 5.74) is 0.473. The van der Waals surface area contributed by atoms with Crippen LogP contribution >= 0.6 is 11.6 Å². The molecule has 1 unspecified atom stereocenters. The monoisotopic (exact) mass is 282 g/mol. The van der Waals surface area contributed by atoms with Crippen molar-refractivity contribution in [1.29, 1.82) is 0 Å². The van der Waals surface area contributed by atoms with E-state index in [9.17, 15) is 18.3 Å². The molecule has 18 heavy (non-hydrogen) atoms. The van der Waals surface area contributed by atoms with Gasteiger partial charge in [-0.25, -0.2) is 0 Å². The lowest BCUT2D eigenvalue weighted by Gasteiger charge is -2.22. The van der Waals surface area contributed by atoms with E-state index in [4.69, 9.17) is 16.3 Å². The summed E-state index contributed by atoms with van der Waals surface area (Å²) in [5, 5.41) is 9.60. The fourth-order valence-electron chi connectivity index (χ4n) is 1.71. The fourth-order valence-corrected chi connectivity index (χ4v) is 1.87. The van der Waals surface area contributed by atoms with E-state index in [0.717, 1.165) is 0 Å². The van der Waals surface area contributed by atoms with Gasteiger partial charge in [-0.2, -0.15) is 13.2 Å². The lowest BCUT2D eigenvalue weighted by atomic mass is 9.99. The Kier molecular flexibility index (Phi) is 4.50. The molecule has 6 heteroatoms. The lowest BCUT2D eigenvalue weighted by molar-refractivity contribution is -0.207. The van der Waals surface area contributed by atoms with E-state index in [1.807, 2.05) is 0 Å². The number of ether oxygens (including phenoxy) is 1. The minimum absolute atomic E-state index is 0.0155. The van der Waals surface area contributed by atoms with Crippen LogP contribution in [0, 0.1) is 13.8 Å². The van der Waals surface area contributed by atoms with Crippen LogP contribution in [-0.4, -0.2) is 17.9 Å². The number of hydrogen-bond acceptors (Lipinski definition) is 2. The zero-order valence-corrected chi connectivity index (χ0v) is 11.0. The Balaban J connectivity index is 3.44. The summed E-state index contributed by atoms with van der Waals surface area (Å²) in [6, 6.07) is 1.41. The van der Waals surface area contributed by atoms with Crippen molar-refractivity contribution in [2.45, 2.75) is 33.1 Å². The maximum atomic E-state index is 12.6. The molecular formula is C12H14ClF3O2. The summed E-state index contributed by atoms with van der Waals surface area (Å²) in [6.45, 7) is 4.96. The molecule has 1 rings (SSSR count). The van der Waals surface area contributed by atoms with E-state index >= 15 is 0 Å². The van der Waals surface area contributed by atoms with Crippen LogP contribution in [0.3, 0.4) is 0 Å². The summed E-state index contributed by atoms with van der Waals surface area (Å²) in [6.07, 6.45) is -7.35. The van der Waals surface area contributed by atoms with Gasteiger partial charge in [-0.3, -0.25) is 0 Å². The van der Waals surface area contributed by atoms with E-state index < -0.39 is 12.3 Å². The Labute approximate surface area is 108 Å². The quantitative estimate of drug-likeness (QED) is 0.909. The van der Waals surface area contributed by atoms with Gasteiger partial charge in [0.25, 0.3) is 0 Å². The van der Waals surface area contributed by atoms with Crippen LogP contribution in [0.5, 0.6) is 5.75 Å². The molecule has 1 aromatic rings. The number of benzene rings is 1. The molecule has 0 aliphatic heterocycles. The van der Waals surface area contributed by atoms with Crippen molar-refractivity contribution in [3.05, 3.63) is 27.8 Å². The van der Waals surface area contributed by atoms with E-state index in [-0.39, 0.29) is 28.5 Å². The predicted octanol–water partition coefficient (Wildman–Crippen LogP) is 3.95. The van der Waals surface area contributed by atoms with Crippen molar-refractivity contribution < 1.29 is 23.0 Å². The van der Waals surface area contributed by atoms with Crippen molar-refractivity contribution in [1.82, 2.24) is 0 Å². The van der Waals surface area contributed by atoms with Gasteiger partial charge in [-0.1, -0.05) is 11.6 Å². The third-order valence-corrected chi connectivity index (χ3v) is 3.16. The summed E-state index contributed by atoms with van der Waals surface area (Å²) in [5.74, 6) is 0.0155. The summed E-state index contributed by atoms with van der Waals surface area (Å²) in [4.78, 5) is 0. The molecule has 0 aliphatic rings.